The van der Waals surface area contributed by atoms with Gasteiger partial charge in [-0.3, -0.25) is 0 Å². The van der Waals surface area contributed by atoms with Crippen LogP contribution in [0.1, 0.15) is 32.8 Å². The average molecular weight is 278 g/mol. The van der Waals surface area contributed by atoms with E-state index in [4.69, 9.17) is 0 Å². The zero-order valence-electron chi connectivity index (χ0n) is 12.6. The van der Waals surface area contributed by atoms with Crippen LogP contribution < -0.4 is 10.2 Å². The molecule has 1 aromatic rings. The molecule has 106 valence electrons. The topological polar surface area (TPSA) is 15.3 Å². The van der Waals surface area contributed by atoms with E-state index >= 15 is 0 Å². The smallest absolute Gasteiger partial charge is 0.0385 e. The van der Waals surface area contributed by atoms with E-state index in [9.17, 15) is 0 Å². The monoisotopic (exact) mass is 278 g/mol. The second-order valence-corrected chi connectivity index (χ2v) is 7.55. The van der Waals surface area contributed by atoms with Gasteiger partial charge in [0.25, 0.3) is 0 Å². The van der Waals surface area contributed by atoms with Gasteiger partial charge in [0.2, 0.25) is 0 Å². The summed E-state index contributed by atoms with van der Waals surface area (Å²) in [5, 5.41) is 3.53. The summed E-state index contributed by atoms with van der Waals surface area (Å²) in [6.07, 6.45) is 1.31. The summed E-state index contributed by atoms with van der Waals surface area (Å²) < 4.78 is 0. The SMILES string of the molecule is CN(c1ccc(CNC(C)(C)C)cc1)C1CCSC1. The molecule has 1 aliphatic rings. The predicted octanol–water partition coefficient (Wildman–Crippen LogP) is 3.52. The molecule has 3 heteroatoms. The van der Waals surface area contributed by atoms with Crippen molar-refractivity contribution in [2.45, 2.75) is 45.3 Å². The van der Waals surface area contributed by atoms with Crippen molar-refractivity contribution < 1.29 is 0 Å². The van der Waals surface area contributed by atoms with Gasteiger partial charge in [-0.15, -0.1) is 0 Å². The molecule has 19 heavy (non-hydrogen) atoms. The van der Waals surface area contributed by atoms with Gasteiger partial charge in [-0.1, -0.05) is 12.1 Å². The molecular formula is C16H26N2S. The van der Waals surface area contributed by atoms with Gasteiger partial charge in [-0.05, 0) is 50.6 Å². The number of nitrogens with one attached hydrogen (secondary N) is 1. The summed E-state index contributed by atoms with van der Waals surface area (Å²) in [5.74, 6) is 2.58. The number of thioether (sulfide) groups is 1. The van der Waals surface area contributed by atoms with Gasteiger partial charge in [0, 0.05) is 36.6 Å². The molecule has 1 N–H and O–H groups in total. The Bertz CT molecular complexity index is 388. The summed E-state index contributed by atoms with van der Waals surface area (Å²) in [7, 11) is 2.22. The summed E-state index contributed by atoms with van der Waals surface area (Å²) in [6.45, 7) is 7.54. The Kier molecular flexibility index (Phi) is 4.80. The largest absolute Gasteiger partial charge is 0.371 e. The lowest BCUT2D eigenvalue weighted by molar-refractivity contribution is 0.424. The first-order chi connectivity index (χ1) is 8.96. The number of nitrogens with zero attached hydrogens (tertiary/aromatic N) is 1. The normalized spacial score (nSPS) is 19.7. The highest BCUT2D eigenvalue weighted by atomic mass is 32.2. The fourth-order valence-corrected chi connectivity index (χ4v) is 3.52. The van der Waals surface area contributed by atoms with Crippen molar-refractivity contribution in [3.63, 3.8) is 0 Å². The summed E-state index contributed by atoms with van der Waals surface area (Å²) in [6, 6.07) is 9.70. The second-order valence-electron chi connectivity index (χ2n) is 6.40. The van der Waals surface area contributed by atoms with E-state index in [-0.39, 0.29) is 5.54 Å². The lowest BCUT2D eigenvalue weighted by Crippen LogP contribution is -2.35. The first-order valence-electron chi connectivity index (χ1n) is 7.10. The molecule has 1 unspecified atom stereocenters. The highest BCUT2D eigenvalue weighted by molar-refractivity contribution is 7.99. The van der Waals surface area contributed by atoms with Gasteiger partial charge < -0.3 is 10.2 Å². The van der Waals surface area contributed by atoms with Crippen molar-refractivity contribution in [3.8, 4) is 0 Å². The van der Waals surface area contributed by atoms with Gasteiger partial charge >= 0.3 is 0 Å². The average Bonchev–Trinajstić information content (AvgIpc) is 2.89. The Hall–Kier alpha value is -0.670. The Morgan fingerprint density at radius 1 is 1.26 bits per heavy atom. The highest BCUT2D eigenvalue weighted by Crippen LogP contribution is 2.26. The first-order valence-corrected chi connectivity index (χ1v) is 8.26. The summed E-state index contributed by atoms with van der Waals surface area (Å²) in [5.41, 5.74) is 2.87. The molecule has 1 saturated heterocycles. The van der Waals surface area contributed by atoms with Crippen LogP contribution in [-0.4, -0.2) is 30.1 Å². The number of rotatable bonds is 4. The minimum atomic E-state index is 0.177. The fraction of sp³-hybridized carbons (Fsp3) is 0.625. The fourth-order valence-electron chi connectivity index (χ4n) is 2.25. The molecule has 2 nitrogen and oxygen atoms in total. The van der Waals surface area contributed by atoms with Gasteiger partial charge in [0.15, 0.2) is 0 Å². The number of hydrogen-bond donors (Lipinski definition) is 1. The van der Waals surface area contributed by atoms with Crippen LogP contribution in [0.25, 0.3) is 0 Å². The van der Waals surface area contributed by atoms with Crippen molar-refractivity contribution in [3.05, 3.63) is 29.8 Å². The Labute approximate surface area is 122 Å². The summed E-state index contributed by atoms with van der Waals surface area (Å²) in [4.78, 5) is 2.43. The Morgan fingerprint density at radius 3 is 2.47 bits per heavy atom. The Morgan fingerprint density at radius 2 is 1.95 bits per heavy atom. The quantitative estimate of drug-likeness (QED) is 0.907. The molecule has 0 saturated carbocycles. The maximum Gasteiger partial charge on any atom is 0.0385 e. The number of anilines is 1. The van der Waals surface area contributed by atoms with Crippen molar-refractivity contribution in [2.24, 2.45) is 0 Å². The van der Waals surface area contributed by atoms with Crippen molar-refractivity contribution in [2.75, 3.05) is 23.5 Å². The molecule has 1 fully saturated rings. The van der Waals surface area contributed by atoms with E-state index in [1.807, 2.05) is 0 Å². The van der Waals surface area contributed by atoms with E-state index in [0.717, 1.165) is 6.54 Å². The van der Waals surface area contributed by atoms with Crippen LogP contribution in [-0.2, 0) is 6.54 Å². The lowest BCUT2D eigenvalue weighted by Gasteiger charge is -2.26. The summed E-state index contributed by atoms with van der Waals surface area (Å²) >= 11 is 2.07. The minimum Gasteiger partial charge on any atom is -0.371 e. The molecule has 0 bridgehead atoms. The molecule has 1 aromatic carbocycles. The van der Waals surface area contributed by atoms with E-state index in [1.165, 1.54) is 29.2 Å². The van der Waals surface area contributed by atoms with Crippen molar-refractivity contribution in [1.82, 2.24) is 5.32 Å². The maximum atomic E-state index is 3.53. The third kappa shape index (κ3) is 4.43. The zero-order valence-corrected chi connectivity index (χ0v) is 13.4. The van der Waals surface area contributed by atoms with Crippen molar-refractivity contribution in [1.29, 1.82) is 0 Å². The predicted molar refractivity (Wildman–Crippen MR) is 87.2 cm³/mol. The maximum absolute atomic E-state index is 3.53. The number of hydrogen-bond acceptors (Lipinski definition) is 3. The van der Waals surface area contributed by atoms with Crippen LogP contribution in [0.15, 0.2) is 24.3 Å². The Balaban J connectivity index is 1.94. The molecule has 2 rings (SSSR count). The van der Waals surface area contributed by atoms with E-state index in [0.29, 0.717) is 6.04 Å². The van der Waals surface area contributed by atoms with Gasteiger partial charge in [0.1, 0.15) is 0 Å². The molecule has 0 radical (unpaired) electrons. The standard InChI is InChI=1S/C16H26N2S/c1-16(2,3)17-11-13-5-7-14(8-6-13)18(4)15-9-10-19-12-15/h5-8,15,17H,9-12H2,1-4H3. The molecule has 1 heterocycles. The molecule has 0 aromatic heterocycles. The molecule has 0 aliphatic carbocycles. The van der Waals surface area contributed by atoms with Gasteiger partial charge in [-0.25, -0.2) is 0 Å². The zero-order chi connectivity index (χ0) is 13.9. The first kappa shape index (κ1) is 14.7. The van der Waals surface area contributed by atoms with Gasteiger partial charge in [0.05, 0.1) is 0 Å². The molecular weight excluding hydrogens is 252 g/mol. The minimum absolute atomic E-state index is 0.177. The number of benzene rings is 1. The molecule has 1 atom stereocenters. The van der Waals surface area contributed by atoms with Crippen LogP contribution in [0.5, 0.6) is 0 Å². The second kappa shape index (κ2) is 6.19. The van der Waals surface area contributed by atoms with Crippen LogP contribution in [0.2, 0.25) is 0 Å². The third-order valence-electron chi connectivity index (χ3n) is 3.62. The third-order valence-corrected chi connectivity index (χ3v) is 4.76. The van der Waals surface area contributed by atoms with E-state index in [2.05, 4.69) is 74.1 Å². The van der Waals surface area contributed by atoms with Crippen LogP contribution in [0, 0.1) is 0 Å². The van der Waals surface area contributed by atoms with Gasteiger partial charge in [-0.2, -0.15) is 11.8 Å². The van der Waals surface area contributed by atoms with Crippen LogP contribution in [0.4, 0.5) is 5.69 Å². The highest BCUT2D eigenvalue weighted by Gasteiger charge is 2.20. The van der Waals surface area contributed by atoms with Crippen molar-refractivity contribution >= 4 is 17.4 Å². The lowest BCUT2D eigenvalue weighted by atomic mass is 10.1. The van der Waals surface area contributed by atoms with E-state index in [1.54, 1.807) is 0 Å². The molecule has 1 aliphatic heterocycles. The van der Waals surface area contributed by atoms with Crippen LogP contribution in [0.3, 0.4) is 0 Å². The molecule has 0 amide bonds. The van der Waals surface area contributed by atoms with Crippen LogP contribution >= 0.6 is 11.8 Å². The molecule has 0 spiro atoms. The van der Waals surface area contributed by atoms with E-state index < -0.39 is 0 Å².